The van der Waals surface area contributed by atoms with Crippen LogP contribution in [0.5, 0.6) is 0 Å². The van der Waals surface area contributed by atoms with E-state index in [1.807, 2.05) is 19.2 Å². The van der Waals surface area contributed by atoms with Crippen molar-refractivity contribution in [1.82, 2.24) is 9.61 Å². The van der Waals surface area contributed by atoms with Crippen LogP contribution in [0.3, 0.4) is 0 Å². The van der Waals surface area contributed by atoms with Gasteiger partial charge in [-0.15, -0.1) is 5.92 Å². The van der Waals surface area contributed by atoms with Gasteiger partial charge in [-0.3, -0.25) is 0 Å². The lowest BCUT2D eigenvalue weighted by molar-refractivity contribution is 0.562. The molecule has 0 bridgehead atoms. The Balaban J connectivity index is 2.10. The SMILES string of the molecule is CCCC#CCc1cn2nc(C)cc2o1. The monoisotopic (exact) mass is 202 g/mol. The second-order valence-electron chi connectivity index (χ2n) is 3.55. The number of hydrogen-bond donors (Lipinski definition) is 0. The topological polar surface area (TPSA) is 30.4 Å². The maximum Gasteiger partial charge on any atom is 0.222 e. The van der Waals surface area contributed by atoms with Crippen molar-refractivity contribution in [3.63, 3.8) is 0 Å². The molecule has 78 valence electrons. The summed E-state index contributed by atoms with van der Waals surface area (Å²) in [5, 5.41) is 4.25. The molecule has 0 atom stereocenters. The van der Waals surface area contributed by atoms with E-state index in [1.54, 1.807) is 4.52 Å². The lowest BCUT2D eigenvalue weighted by atomic mass is 10.3. The summed E-state index contributed by atoms with van der Waals surface area (Å²) in [5.41, 5.74) is 1.76. The van der Waals surface area contributed by atoms with Crippen molar-refractivity contribution in [2.24, 2.45) is 0 Å². The number of nitrogens with zero attached hydrogens (tertiary/aromatic N) is 2. The molecule has 0 saturated heterocycles. The van der Waals surface area contributed by atoms with Crippen molar-refractivity contribution in [1.29, 1.82) is 0 Å². The molecule has 0 spiro atoms. The minimum absolute atomic E-state index is 0.669. The van der Waals surface area contributed by atoms with Crippen molar-refractivity contribution >= 4 is 5.71 Å². The van der Waals surface area contributed by atoms with Crippen LogP contribution >= 0.6 is 0 Å². The molecule has 0 aliphatic carbocycles. The Morgan fingerprint density at radius 3 is 3.07 bits per heavy atom. The zero-order valence-electron chi connectivity index (χ0n) is 9.08. The molecule has 3 nitrogen and oxygen atoms in total. The molecule has 0 saturated carbocycles. The summed E-state index contributed by atoms with van der Waals surface area (Å²) >= 11 is 0. The fourth-order valence-electron chi connectivity index (χ4n) is 1.40. The molecule has 0 aromatic carbocycles. The molecule has 0 N–H and O–H groups in total. The fourth-order valence-corrected chi connectivity index (χ4v) is 1.40. The van der Waals surface area contributed by atoms with Crippen LogP contribution in [0.25, 0.3) is 5.71 Å². The molecule has 2 aromatic heterocycles. The van der Waals surface area contributed by atoms with Gasteiger partial charge in [0.15, 0.2) is 0 Å². The van der Waals surface area contributed by atoms with Crippen molar-refractivity contribution < 1.29 is 4.42 Å². The number of unbranched alkanes of at least 4 members (excludes halogenated alkanes) is 1. The predicted octanol–water partition coefficient (Wildman–Crippen LogP) is 2.58. The fraction of sp³-hybridized carbons (Fsp3) is 0.417. The summed E-state index contributed by atoms with van der Waals surface area (Å²) in [6.45, 7) is 4.07. The van der Waals surface area contributed by atoms with Gasteiger partial charge in [0.2, 0.25) is 5.71 Å². The average Bonchev–Trinajstić information content (AvgIpc) is 2.69. The van der Waals surface area contributed by atoms with Gasteiger partial charge in [-0.05, 0) is 13.3 Å². The molecule has 2 aromatic rings. The van der Waals surface area contributed by atoms with Crippen LogP contribution in [0.1, 0.15) is 31.2 Å². The zero-order chi connectivity index (χ0) is 10.7. The van der Waals surface area contributed by atoms with Gasteiger partial charge in [0.25, 0.3) is 0 Å². The van der Waals surface area contributed by atoms with E-state index in [-0.39, 0.29) is 0 Å². The lowest BCUT2D eigenvalue weighted by Gasteiger charge is -1.83. The highest BCUT2D eigenvalue weighted by molar-refractivity contribution is 5.36. The molecule has 0 unspecified atom stereocenters. The van der Waals surface area contributed by atoms with Crippen LogP contribution in [0.15, 0.2) is 16.7 Å². The Labute approximate surface area is 89.1 Å². The first kappa shape index (κ1) is 9.85. The molecule has 0 aliphatic heterocycles. The van der Waals surface area contributed by atoms with Crippen LogP contribution in [-0.2, 0) is 6.42 Å². The van der Waals surface area contributed by atoms with E-state index in [4.69, 9.17) is 4.42 Å². The van der Waals surface area contributed by atoms with Crippen LogP contribution in [-0.4, -0.2) is 9.61 Å². The van der Waals surface area contributed by atoms with Crippen molar-refractivity contribution in [2.75, 3.05) is 0 Å². The van der Waals surface area contributed by atoms with Gasteiger partial charge in [0.05, 0.1) is 18.3 Å². The number of aryl methyl sites for hydroxylation is 1. The first-order valence-electron chi connectivity index (χ1n) is 5.20. The van der Waals surface area contributed by atoms with Gasteiger partial charge in [0.1, 0.15) is 5.76 Å². The Morgan fingerprint density at radius 2 is 2.33 bits per heavy atom. The van der Waals surface area contributed by atoms with Crippen LogP contribution in [0.2, 0.25) is 0 Å². The van der Waals surface area contributed by atoms with Gasteiger partial charge >= 0.3 is 0 Å². The summed E-state index contributed by atoms with van der Waals surface area (Å²) in [7, 11) is 0. The summed E-state index contributed by atoms with van der Waals surface area (Å²) in [6, 6.07) is 1.92. The Hall–Kier alpha value is -1.69. The maximum atomic E-state index is 5.57. The third-order valence-electron chi connectivity index (χ3n) is 2.09. The van der Waals surface area contributed by atoms with E-state index in [2.05, 4.69) is 23.9 Å². The minimum Gasteiger partial charge on any atom is -0.441 e. The van der Waals surface area contributed by atoms with E-state index < -0.39 is 0 Å². The maximum absolute atomic E-state index is 5.57. The normalized spacial score (nSPS) is 10.3. The number of fused-ring (bicyclic) bond motifs is 1. The van der Waals surface area contributed by atoms with Crippen LogP contribution < -0.4 is 0 Å². The van der Waals surface area contributed by atoms with Gasteiger partial charge in [-0.2, -0.15) is 5.10 Å². The van der Waals surface area contributed by atoms with E-state index >= 15 is 0 Å². The minimum atomic E-state index is 0.669. The van der Waals surface area contributed by atoms with E-state index in [9.17, 15) is 0 Å². The quantitative estimate of drug-likeness (QED) is 0.701. The predicted molar refractivity (Wildman–Crippen MR) is 58.6 cm³/mol. The van der Waals surface area contributed by atoms with Gasteiger partial charge in [-0.25, -0.2) is 4.52 Å². The van der Waals surface area contributed by atoms with Crippen LogP contribution in [0.4, 0.5) is 0 Å². The molecule has 0 radical (unpaired) electrons. The molecule has 3 heteroatoms. The number of hydrogen-bond acceptors (Lipinski definition) is 2. The molecule has 2 rings (SSSR count). The van der Waals surface area contributed by atoms with E-state index in [1.165, 1.54) is 0 Å². The molecule has 15 heavy (non-hydrogen) atoms. The molecule has 0 aliphatic rings. The third-order valence-corrected chi connectivity index (χ3v) is 2.09. The van der Waals surface area contributed by atoms with Gasteiger partial charge in [-0.1, -0.05) is 12.8 Å². The summed E-state index contributed by atoms with van der Waals surface area (Å²) < 4.78 is 7.32. The molecular formula is C12H14N2O. The number of rotatable bonds is 2. The highest BCUT2D eigenvalue weighted by Crippen LogP contribution is 2.11. The van der Waals surface area contributed by atoms with E-state index in [0.29, 0.717) is 6.42 Å². The standard InChI is InChI=1S/C12H14N2O/c1-3-4-5-6-7-11-9-14-12(15-11)8-10(2)13-14/h8-9H,3-4,7H2,1-2H3. The Morgan fingerprint density at radius 1 is 1.47 bits per heavy atom. The van der Waals surface area contributed by atoms with Crippen molar-refractivity contribution in [2.45, 2.75) is 33.1 Å². The Bertz CT molecular complexity index is 479. The lowest BCUT2D eigenvalue weighted by Crippen LogP contribution is -1.81. The summed E-state index contributed by atoms with van der Waals surface area (Å²) in [6.07, 6.45) is 4.62. The average molecular weight is 202 g/mol. The molecule has 0 amide bonds. The molecule has 0 fully saturated rings. The first-order valence-corrected chi connectivity index (χ1v) is 5.20. The van der Waals surface area contributed by atoms with Crippen molar-refractivity contribution in [3.8, 4) is 11.8 Å². The molecule has 2 heterocycles. The third kappa shape index (κ3) is 2.21. The van der Waals surface area contributed by atoms with Crippen molar-refractivity contribution in [3.05, 3.63) is 23.7 Å². The highest BCUT2D eigenvalue weighted by Gasteiger charge is 2.03. The number of aromatic nitrogens is 2. The number of oxazole rings is 1. The first-order chi connectivity index (χ1) is 7.29. The highest BCUT2D eigenvalue weighted by atomic mass is 16.4. The largest absolute Gasteiger partial charge is 0.441 e. The second kappa shape index (κ2) is 4.22. The van der Waals surface area contributed by atoms with Gasteiger partial charge < -0.3 is 4.42 Å². The smallest absolute Gasteiger partial charge is 0.222 e. The van der Waals surface area contributed by atoms with Crippen LogP contribution in [0, 0.1) is 18.8 Å². The zero-order valence-corrected chi connectivity index (χ0v) is 9.08. The summed E-state index contributed by atoms with van der Waals surface area (Å²) in [4.78, 5) is 0. The molecular weight excluding hydrogens is 188 g/mol. The summed E-state index contributed by atoms with van der Waals surface area (Å²) in [5.74, 6) is 7.05. The second-order valence-corrected chi connectivity index (χ2v) is 3.55. The van der Waals surface area contributed by atoms with E-state index in [0.717, 1.165) is 30.0 Å². The Kier molecular flexibility index (Phi) is 2.77. The van der Waals surface area contributed by atoms with Gasteiger partial charge in [0, 0.05) is 12.5 Å².